The van der Waals surface area contributed by atoms with Crippen LogP contribution in [0.25, 0.3) is 11.6 Å². The summed E-state index contributed by atoms with van der Waals surface area (Å²) in [5.41, 5.74) is 5.58. The SMILES string of the molecule is CCOC(C)(CC)c1noc(-c2cc(N)n[nH]2)n1. The Balaban J connectivity index is 2.29. The molecule has 2 heterocycles. The van der Waals surface area contributed by atoms with Crippen LogP contribution in [0.3, 0.4) is 0 Å². The van der Waals surface area contributed by atoms with Crippen molar-refractivity contribution in [3.8, 4) is 11.6 Å². The lowest BCUT2D eigenvalue weighted by Crippen LogP contribution is -2.26. The zero-order chi connectivity index (χ0) is 13.2. The molecule has 0 bridgehead atoms. The second-order valence-electron chi connectivity index (χ2n) is 4.15. The molecule has 0 aromatic carbocycles. The van der Waals surface area contributed by atoms with Crippen molar-refractivity contribution in [1.29, 1.82) is 0 Å². The van der Waals surface area contributed by atoms with Gasteiger partial charge in [0.15, 0.2) is 0 Å². The Morgan fingerprint density at radius 3 is 2.83 bits per heavy atom. The third kappa shape index (κ3) is 2.21. The predicted octanol–water partition coefficient (Wildman–Crippen LogP) is 1.70. The number of nitrogen functional groups attached to an aromatic ring is 1. The van der Waals surface area contributed by atoms with Gasteiger partial charge in [-0.2, -0.15) is 10.1 Å². The Hall–Kier alpha value is -1.89. The molecule has 0 radical (unpaired) electrons. The van der Waals surface area contributed by atoms with Crippen molar-refractivity contribution in [2.75, 3.05) is 12.3 Å². The van der Waals surface area contributed by atoms with Gasteiger partial charge in [-0.25, -0.2) is 0 Å². The molecule has 0 spiro atoms. The molecule has 0 amide bonds. The highest BCUT2D eigenvalue weighted by Gasteiger charge is 2.31. The zero-order valence-corrected chi connectivity index (χ0v) is 10.7. The first-order valence-electron chi connectivity index (χ1n) is 5.88. The number of hydrogen-bond donors (Lipinski definition) is 2. The molecule has 7 nitrogen and oxygen atoms in total. The summed E-state index contributed by atoms with van der Waals surface area (Å²) in [4.78, 5) is 4.33. The number of aromatic amines is 1. The average molecular weight is 251 g/mol. The van der Waals surface area contributed by atoms with Crippen LogP contribution in [-0.4, -0.2) is 26.9 Å². The van der Waals surface area contributed by atoms with Crippen LogP contribution in [0.15, 0.2) is 10.6 Å². The Kier molecular flexibility index (Phi) is 3.33. The molecular weight excluding hydrogens is 234 g/mol. The van der Waals surface area contributed by atoms with Crippen LogP contribution >= 0.6 is 0 Å². The maximum Gasteiger partial charge on any atom is 0.276 e. The van der Waals surface area contributed by atoms with Gasteiger partial charge in [-0.3, -0.25) is 5.10 Å². The number of hydrogen-bond acceptors (Lipinski definition) is 6. The molecule has 1 atom stereocenters. The minimum Gasteiger partial charge on any atom is -0.382 e. The minimum atomic E-state index is -0.540. The van der Waals surface area contributed by atoms with Gasteiger partial charge in [0.2, 0.25) is 5.82 Å². The number of aromatic nitrogens is 4. The van der Waals surface area contributed by atoms with E-state index < -0.39 is 5.60 Å². The highest BCUT2D eigenvalue weighted by molar-refractivity contribution is 5.51. The quantitative estimate of drug-likeness (QED) is 0.838. The lowest BCUT2D eigenvalue weighted by Gasteiger charge is -2.23. The number of nitrogens with two attached hydrogens (primary N) is 1. The smallest absolute Gasteiger partial charge is 0.276 e. The van der Waals surface area contributed by atoms with Crippen LogP contribution in [0.1, 0.15) is 33.0 Å². The van der Waals surface area contributed by atoms with Gasteiger partial charge in [0.1, 0.15) is 17.1 Å². The number of rotatable bonds is 5. The Labute approximate surface area is 105 Å². The molecule has 0 aliphatic carbocycles. The topological polar surface area (TPSA) is 103 Å². The van der Waals surface area contributed by atoms with Gasteiger partial charge in [0, 0.05) is 12.7 Å². The minimum absolute atomic E-state index is 0.355. The van der Waals surface area contributed by atoms with E-state index in [2.05, 4.69) is 20.3 Å². The molecule has 0 saturated carbocycles. The van der Waals surface area contributed by atoms with E-state index >= 15 is 0 Å². The number of ether oxygens (including phenoxy) is 1. The van der Waals surface area contributed by atoms with E-state index in [4.69, 9.17) is 15.0 Å². The van der Waals surface area contributed by atoms with Crippen LogP contribution in [0.2, 0.25) is 0 Å². The zero-order valence-electron chi connectivity index (χ0n) is 10.7. The maximum atomic E-state index is 5.68. The highest BCUT2D eigenvalue weighted by Crippen LogP contribution is 2.28. The summed E-state index contributed by atoms with van der Waals surface area (Å²) in [6.07, 6.45) is 0.755. The number of H-pyrrole nitrogens is 1. The highest BCUT2D eigenvalue weighted by atomic mass is 16.5. The summed E-state index contributed by atoms with van der Waals surface area (Å²) in [6.45, 7) is 6.47. The third-order valence-electron chi connectivity index (χ3n) is 2.86. The molecule has 0 aliphatic rings. The number of nitrogens with one attached hydrogen (secondary N) is 1. The fourth-order valence-corrected chi connectivity index (χ4v) is 1.64. The summed E-state index contributed by atoms with van der Waals surface area (Å²) >= 11 is 0. The van der Waals surface area contributed by atoms with Crippen LogP contribution in [-0.2, 0) is 10.3 Å². The Morgan fingerprint density at radius 2 is 2.28 bits per heavy atom. The van der Waals surface area contributed by atoms with E-state index in [9.17, 15) is 0 Å². The van der Waals surface area contributed by atoms with E-state index in [1.807, 2.05) is 20.8 Å². The number of anilines is 1. The van der Waals surface area contributed by atoms with E-state index in [1.165, 1.54) is 0 Å². The molecule has 18 heavy (non-hydrogen) atoms. The van der Waals surface area contributed by atoms with E-state index in [0.717, 1.165) is 6.42 Å². The molecule has 2 aromatic heterocycles. The van der Waals surface area contributed by atoms with E-state index in [1.54, 1.807) is 6.07 Å². The molecule has 0 fully saturated rings. The predicted molar refractivity (Wildman–Crippen MR) is 65.6 cm³/mol. The molecule has 0 saturated heterocycles. The van der Waals surface area contributed by atoms with Gasteiger partial charge in [0.05, 0.1) is 0 Å². The van der Waals surface area contributed by atoms with E-state index in [-0.39, 0.29) is 0 Å². The summed E-state index contributed by atoms with van der Waals surface area (Å²) in [5.74, 6) is 1.26. The van der Waals surface area contributed by atoms with Crippen molar-refractivity contribution in [3.05, 3.63) is 11.9 Å². The summed E-state index contributed by atoms with van der Waals surface area (Å²) in [7, 11) is 0. The lowest BCUT2D eigenvalue weighted by molar-refractivity contribution is -0.0403. The first-order valence-corrected chi connectivity index (χ1v) is 5.88. The van der Waals surface area contributed by atoms with Crippen molar-refractivity contribution in [1.82, 2.24) is 20.3 Å². The summed E-state index contributed by atoms with van der Waals surface area (Å²) in [5, 5.41) is 10.5. The fourth-order valence-electron chi connectivity index (χ4n) is 1.64. The summed E-state index contributed by atoms with van der Waals surface area (Å²) < 4.78 is 10.9. The van der Waals surface area contributed by atoms with Gasteiger partial charge >= 0.3 is 0 Å². The molecule has 2 rings (SSSR count). The van der Waals surface area contributed by atoms with Crippen molar-refractivity contribution in [2.24, 2.45) is 0 Å². The second kappa shape index (κ2) is 4.77. The largest absolute Gasteiger partial charge is 0.382 e. The third-order valence-corrected chi connectivity index (χ3v) is 2.86. The van der Waals surface area contributed by atoms with Crippen LogP contribution in [0.5, 0.6) is 0 Å². The fraction of sp³-hybridized carbons (Fsp3) is 0.545. The average Bonchev–Trinajstić information content (AvgIpc) is 2.97. The molecule has 1 unspecified atom stereocenters. The first-order chi connectivity index (χ1) is 8.59. The van der Waals surface area contributed by atoms with Crippen molar-refractivity contribution >= 4 is 5.82 Å². The Bertz CT molecular complexity index is 521. The maximum absolute atomic E-state index is 5.68. The van der Waals surface area contributed by atoms with Crippen molar-refractivity contribution < 1.29 is 9.26 Å². The normalized spacial score (nSPS) is 14.6. The monoisotopic (exact) mass is 251 g/mol. The van der Waals surface area contributed by atoms with Gasteiger partial charge < -0.3 is 15.0 Å². The van der Waals surface area contributed by atoms with Crippen LogP contribution < -0.4 is 5.73 Å². The number of nitrogens with zero attached hydrogens (tertiary/aromatic N) is 3. The molecule has 7 heteroatoms. The van der Waals surface area contributed by atoms with Gasteiger partial charge in [-0.15, -0.1) is 0 Å². The molecule has 2 aromatic rings. The molecule has 98 valence electrons. The molecular formula is C11H17N5O2. The standard InChI is InChI=1S/C11H17N5O2/c1-4-11(3,17-5-2)10-13-9(18-16-10)7-6-8(12)15-14-7/h6H,4-5H2,1-3H3,(H3,12,14,15). The molecule has 3 N–H and O–H groups in total. The lowest BCUT2D eigenvalue weighted by atomic mass is 10.0. The van der Waals surface area contributed by atoms with Crippen LogP contribution in [0, 0.1) is 0 Å². The Morgan fingerprint density at radius 1 is 1.50 bits per heavy atom. The van der Waals surface area contributed by atoms with E-state index in [0.29, 0.717) is 29.8 Å². The van der Waals surface area contributed by atoms with Crippen molar-refractivity contribution in [3.63, 3.8) is 0 Å². The van der Waals surface area contributed by atoms with Gasteiger partial charge in [0.25, 0.3) is 5.89 Å². The van der Waals surface area contributed by atoms with Gasteiger partial charge in [-0.1, -0.05) is 12.1 Å². The molecule has 0 aliphatic heterocycles. The summed E-state index contributed by atoms with van der Waals surface area (Å²) in [6, 6.07) is 1.64. The van der Waals surface area contributed by atoms with Gasteiger partial charge in [-0.05, 0) is 20.3 Å². The first kappa shape index (κ1) is 12.6. The second-order valence-corrected chi connectivity index (χ2v) is 4.15. The van der Waals surface area contributed by atoms with Crippen LogP contribution in [0.4, 0.5) is 5.82 Å². The van der Waals surface area contributed by atoms with Crippen molar-refractivity contribution in [2.45, 2.75) is 32.8 Å².